The van der Waals surface area contributed by atoms with Gasteiger partial charge in [0.2, 0.25) is 31.9 Å². The summed E-state index contributed by atoms with van der Waals surface area (Å²) in [5.74, 6) is 2.07. The fourth-order valence-corrected chi connectivity index (χ4v) is 17.1. The number of imidazole rings is 2. The Bertz CT molecular complexity index is 3480. The molecule has 4 heterocycles. The number of hydrogen-bond donors (Lipinski definition) is 5. The number of amides is 2. The predicted molar refractivity (Wildman–Crippen MR) is 374 cm³/mol. The van der Waals surface area contributed by atoms with Crippen LogP contribution in [-0.2, 0) is 52.5 Å². The number of halogens is 1. The molecule has 6 aromatic rings. The van der Waals surface area contributed by atoms with E-state index in [4.69, 9.17) is 23.9 Å². The van der Waals surface area contributed by atoms with Crippen molar-refractivity contribution in [3.63, 3.8) is 0 Å². The van der Waals surface area contributed by atoms with Gasteiger partial charge in [0.25, 0.3) is 0 Å². The number of aromatic nitrogens is 6. The number of sulfonamides is 2. The Hall–Kier alpha value is -5.09. The largest absolute Gasteiger partial charge is 0.447 e. The molecule has 0 atom stereocenters. The molecular formula is C62H97BrN12O10S4Si2. The van der Waals surface area contributed by atoms with Crippen LogP contribution in [0.4, 0.5) is 27.2 Å². The van der Waals surface area contributed by atoms with Crippen molar-refractivity contribution in [3.8, 4) is 20.9 Å². The summed E-state index contributed by atoms with van der Waals surface area (Å²) in [7, 11) is -5.83. The van der Waals surface area contributed by atoms with E-state index in [2.05, 4.69) is 95.6 Å². The quantitative estimate of drug-likeness (QED) is 0.0237. The zero-order chi connectivity index (χ0) is 66.7. The zero-order valence-electron chi connectivity index (χ0n) is 55.4. The van der Waals surface area contributed by atoms with Gasteiger partial charge < -0.3 is 39.8 Å². The van der Waals surface area contributed by atoms with Crippen molar-refractivity contribution in [1.82, 2.24) is 49.1 Å². The minimum atomic E-state index is -3.80. The molecule has 5 N–H and O–H groups in total. The van der Waals surface area contributed by atoms with Crippen molar-refractivity contribution in [2.24, 2.45) is 0 Å². The number of rotatable bonds is 27. The van der Waals surface area contributed by atoms with Crippen molar-refractivity contribution in [2.75, 3.05) is 50.6 Å². The summed E-state index contributed by atoms with van der Waals surface area (Å²) in [5, 5.41) is 10.9. The number of thiazole rings is 2. The maximum absolute atomic E-state index is 13.5. The molecule has 2 amide bonds. The second-order valence-corrected chi connectivity index (χ2v) is 43.4. The smallest absolute Gasteiger partial charge is 0.407 e. The number of nitrogens with one attached hydrogen (secondary N) is 5. The second-order valence-electron chi connectivity index (χ2n) is 25.7. The highest BCUT2D eigenvalue weighted by molar-refractivity contribution is 9.10. The molecule has 2 saturated carbocycles. The van der Waals surface area contributed by atoms with Crippen LogP contribution >= 0.6 is 38.6 Å². The van der Waals surface area contributed by atoms with E-state index in [9.17, 15) is 26.4 Å². The lowest BCUT2D eigenvalue weighted by Gasteiger charge is -2.28. The molecule has 22 nitrogen and oxygen atoms in total. The highest BCUT2D eigenvalue weighted by Crippen LogP contribution is 2.42. The van der Waals surface area contributed by atoms with Crippen LogP contribution in [0.15, 0.2) is 87.8 Å². The van der Waals surface area contributed by atoms with Gasteiger partial charge >= 0.3 is 12.2 Å². The second kappa shape index (κ2) is 34.9. The Labute approximate surface area is 558 Å². The summed E-state index contributed by atoms with van der Waals surface area (Å²) >= 11 is 6.44. The highest BCUT2D eigenvalue weighted by Gasteiger charge is 2.30. The van der Waals surface area contributed by atoms with Crippen LogP contribution in [0.25, 0.3) is 20.9 Å². The lowest BCUT2D eigenvalue weighted by atomic mass is 9.86. The Morgan fingerprint density at radius 1 is 0.648 bits per heavy atom. The van der Waals surface area contributed by atoms with Crippen LogP contribution in [0.3, 0.4) is 0 Å². The molecule has 2 aliphatic carbocycles. The summed E-state index contributed by atoms with van der Waals surface area (Å²) in [6, 6.07) is 13.2. The SMILES string of the molecule is CCNS(=O)(=O)c1cc(Br)ccc1-c1cnc(C2CCC(NC(=O)OC(C)C)CC2)s1.CCNS(=O)(=O)c1cc(N(C)c2nccn2COCC[Si](C)(C)C)ccc1-c1cnc(C2CCC(NC(=O)OC(C)C)CC2)s1.CNc1nccn1COCC[Si](C)(C)C. The van der Waals surface area contributed by atoms with Gasteiger partial charge in [-0.05, 0) is 115 Å². The average molecular weight is 1430 g/mol. The van der Waals surface area contributed by atoms with Crippen molar-refractivity contribution >= 4 is 105 Å². The fraction of sp³-hybridized carbons (Fsp3) is 0.581. The van der Waals surface area contributed by atoms with Crippen molar-refractivity contribution < 1.29 is 45.4 Å². The first-order valence-corrected chi connectivity index (χ1v) is 44.2. The number of benzene rings is 2. The number of nitrogens with zero attached hydrogens (tertiary/aromatic N) is 7. The third-order valence-corrected chi connectivity index (χ3v) is 24.4. The number of ether oxygens (including phenoxy) is 4. The summed E-state index contributed by atoms with van der Waals surface area (Å²) in [4.78, 5) is 45.8. The number of alkyl carbamates (subject to hydrolysis) is 2. The van der Waals surface area contributed by atoms with Crippen molar-refractivity contribution in [1.29, 1.82) is 0 Å². The van der Waals surface area contributed by atoms with E-state index in [0.717, 1.165) is 89.7 Å². The van der Waals surface area contributed by atoms with Gasteiger partial charge in [-0.25, -0.2) is 55.8 Å². The number of carbonyl (C=O) groups is 2. The lowest BCUT2D eigenvalue weighted by Crippen LogP contribution is -2.38. The molecule has 8 rings (SSSR count). The first-order chi connectivity index (χ1) is 43.0. The van der Waals surface area contributed by atoms with E-state index in [1.165, 1.54) is 28.7 Å². The van der Waals surface area contributed by atoms with Crippen molar-refractivity contribution in [3.05, 3.63) is 88.1 Å². The van der Waals surface area contributed by atoms with Gasteiger partial charge in [-0.3, -0.25) is 9.13 Å². The molecule has 2 aliphatic rings. The highest BCUT2D eigenvalue weighted by atomic mass is 79.9. The van der Waals surface area contributed by atoms with Gasteiger partial charge in [0, 0.05) is 139 Å². The molecular weight excluding hydrogens is 1340 g/mol. The van der Waals surface area contributed by atoms with Crippen LogP contribution in [0.5, 0.6) is 0 Å². The fourth-order valence-electron chi connectivity index (χ4n) is 10.1. The Morgan fingerprint density at radius 2 is 1.09 bits per heavy atom. The van der Waals surface area contributed by atoms with Gasteiger partial charge in [-0.15, -0.1) is 22.7 Å². The van der Waals surface area contributed by atoms with Crippen LogP contribution in [0, 0.1) is 0 Å². The van der Waals surface area contributed by atoms with Gasteiger partial charge in [-0.1, -0.05) is 81.2 Å². The maximum atomic E-state index is 13.5. The van der Waals surface area contributed by atoms with E-state index in [1.807, 2.05) is 92.5 Å². The van der Waals surface area contributed by atoms with Crippen molar-refractivity contribution in [2.45, 2.75) is 204 Å². The molecule has 0 spiro atoms. The normalized spacial score (nSPS) is 17.2. The van der Waals surface area contributed by atoms with Gasteiger partial charge in [0.05, 0.1) is 41.8 Å². The third kappa shape index (κ3) is 23.7. The molecule has 0 aliphatic heterocycles. The van der Waals surface area contributed by atoms with E-state index >= 15 is 0 Å². The van der Waals surface area contributed by atoms with Gasteiger partial charge in [0.15, 0.2) is 0 Å². The molecule has 0 bridgehead atoms. The zero-order valence-corrected chi connectivity index (χ0v) is 62.3. The molecule has 91 heavy (non-hydrogen) atoms. The molecule has 2 aromatic carbocycles. The van der Waals surface area contributed by atoms with Crippen LogP contribution in [0.2, 0.25) is 51.4 Å². The van der Waals surface area contributed by atoms with E-state index in [0.29, 0.717) is 59.8 Å². The van der Waals surface area contributed by atoms with Crippen LogP contribution in [-0.4, -0.2) is 139 Å². The molecule has 0 unspecified atom stereocenters. The predicted octanol–water partition coefficient (Wildman–Crippen LogP) is 13.8. The van der Waals surface area contributed by atoms with Gasteiger partial charge in [-0.2, -0.15) is 0 Å². The molecule has 4 aromatic heterocycles. The van der Waals surface area contributed by atoms with E-state index in [1.54, 1.807) is 50.8 Å². The summed E-state index contributed by atoms with van der Waals surface area (Å²) in [5.41, 5.74) is 1.96. The summed E-state index contributed by atoms with van der Waals surface area (Å²) in [6.45, 7) is 28.0. The molecule has 29 heteroatoms. The minimum absolute atomic E-state index is 0.0839. The Kier molecular flexibility index (Phi) is 28.7. The number of anilines is 3. The van der Waals surface area contributed by atoms with Gasteiger partial charge in [0.1, 0.15) is 13.5 Å². The topological polar surface area (TPSA) is 264 Å². The lowest BCUT2D eigenvalue weighted by molar-refractivity contribution is 0.0881. The van der Waals surface area contributed by atoms with E-state index in [-0.39, 0.29) is 58.7 Å². The number of hydrogen-bond acceptors (Lipinski definition) is 18. The average Bonchev–Trinajstić information content (AvgIpc) is 1.83. The maximum Gasteiger partial charge on any atom is 0.407 e. The summed E-state index contributed by atoms with van der Waals surface area (Å²) in [6.07, 6.45) is 16.8. The molecule has 2 fully saturated rings. The minimum Gasteiger partial charge on any atom is -0.447 e. The Morgan fingerprint density at radius 3 is 1.54 bits per heavy atom. The molecule has 0 saturated heterocycles. The molecule has 0 radical (unpaired) electrons. The van der Waals surface area contributed by atoms with E-state index < -0.39 is 36.2 Å². The van der Waals surface area contributed by atoms with Crippen LogP contribution in [0.1, 0.15) is 115 Å². The first kappa shape index (κ1) is 74.9. The monoisotopic (exact) mass is 1430 g/mol. The summed E-state index contributed by atoms with van der Waals surface area (Å²) < 4.78 is 84.1. The standard InChI is InChI=1S/C31H48N6O5S2Si.C21H28BrN3O4S2.C10H21N3OSi/c1-8-34-44(39,40)28-19-25(36(4)30-32-15-16-37(30)21-41-17-18-45(5,6)7)13-14-26(28)27-20-33-29(43-27)23-9-11-24(12-10-23)35-31(38)42-22(2)3;1-4-24-31(27,28)19-11-15(22)7-10-17(19)18-12-23-20(30-18)14-5-8-16(9-6-14)25-21(26)29-13(2)3;1-11-10-12-5-6-13(10)9-14-7-8-15(2,3)4/h13-16,19-20,22-24,34H,8-12,17-18,21H2,1-7H3,(H,35,38);7,10-14,16,24H,4-6,8-9H2,1-3H3,(H,25,26);5-6H,7-9H2,1-4H3,(H,11,12). The van der Waals surface area contributed by atoms with Crippen LogP contribution < -0.4 is 30.3 Å². The third-order valence-electron chi connectivity index (χ3n) is 15.0. The number of carbonyl (C=O) groups excluding carboxylic acids is 2. The first-order valence-electron chi connectivity index (χ1n) is 31.4. The molecule has 504 valence electrons. The Balaban J connectivity index is 0.000000246.